The van der Waals surface area contributed by atoms with E-state index in [0.29, 0.717) is 13.2 Å². The van der Waals surface area contributed by atoms with E-state index in [1.807, 2.05) is 0 Å². The molecule has 0 bridgehead atoms. The molecule has 1 aliphatic rings. The zero-order chi connectivity index (χ0) is 15.4. The number of pyridine rings is 1. The van der Waals surface area contributed by atoms with Gasteiger partial charge in [-0.2, -0.15) is 0 Å². The van der Waals surface area contributed by atoms with Crippen LogP contribution in [0.15, 0.2) is 23.0 Å². The molecule has 0 aliphatic carbocycles. The highest BCUT2D eigenvalue weighted by Crippen LogP contribution is 2.19. The summed E-state index contributed by atoms with van der Waals surface area (Å²) in [4.78, 5) is 27.8. The predicted octanol–water partition coefficient (Wildman–Crippen LogP) is -0.124. The van der Waals surface area contributed by atoms with Crippen LogP contribution in [-0.2, 0) is 14.2 Å². The van der Waals surface area contributed by atoms with E-state index in [1.165, 1.54) is 11.0 Å². The molecule has 0 spiro atoms. The van der Waals surface area contributed by atoms with Crippen LogP contribution in [0.1, 0.15) is 10.5 Å². The van der Waals surface area contributed by atoms with E-state index in [9.17, 15) is 9.59 Å². The van der Waals surface area contributed by atoms with E-state index in [4.69, 9.17) is 14.2 Å². The Kier molecular flexibility index (Phi) is 5.11. The number of carbonyl (C=O) groups is 1. The molecule has 1 saturated heterocycles. The van der Waals surface area contributed by atoms with Crippen LogP contribution >= 0.6 is 0 Å². The van der Waals surface area contributed by atoms with Gasteiger partial charge in [0.1, 0.15) is 17.9 Å². The maximum absolute atomic E-state index is 12.5. The molecule has 1 aromatic heterocycles. The van der Waals surface area contributed by atoms with Crippen LogP contribution in [0, 0.1) is 0 Å². The molecule has 2 heterocycles. The van der Waals surface area contributed by atoms with Crippen LogP contribution in [0.5, 0.6) is 0 Å². The van der Waals surface area contributed by atoms with Gasteiger partial charge in [-0.1, -0.05) is 6.07 Å². The van der Waals surface area contributed by atoms with Gasteiger partial charge in [0, 0.05) is 27.3 Å². The van der Waals surface area contributed by atoms with Crippen LogP contribution in [-0.4, -0.2) is 68.5 Å². The third kappa shape index (κ3) is 3.31. The van der Waals surface area contributed by atoms with Crippen molar-refractivity contribution in [2.45, 2.75) is 18.2 Å². The fourth-order valence-corrected chi connectivity index (χ4v) is 2.50. The van der Waals surface area contributed by atoms with Crippen molar-refractivity contribution in [2.75, 3.05) is 34.5 Å². The molecule has 1 N–H and O–H groups in total. The fraction of sp³-hybridized carbons (Fsp3) is 0.571. The third-order valence-corrected chi connectivity index (χ3v) is 3.71. The normalized spacial score (nSPS) is 25.6. The molecule has 0 radical (unpaired) electrons. The average molecular weight is 296 g/mol. The van der Waals surface area contributed by atoms with Gasteiger partial charge in [-0.3, -0.25) is 9.59 Å². The number of rotatable bonds is 4. The minimum atomic E-state index is -0.313. The van der Waals surface area contributed by atoms with Crippen molar-refractivity contribution in [3.05, 3.63) is 34.2 Å². The van der Waals surface area contributed by atoms with Crippen molar-refractivity contribution in [3.8, 4) is 0 Å². The number of likely N-dealkylation sites (N-methyl/N-ethyl adjacent to an activating group) is 1. The van der Waals surface area contributed by atoms with Crippen molar-refractivity contribution in [1.82, 2.24) is 9.88 Å². The second-order valence-corrected chi connectivity index (χ2v) is 4.92. The maximum Gasteiger partial charge on any atom is 0.270 e. The van der Waals surface area contributed by atoms with Gasteiger partial charge in [0.15, 0.2) is 0 Å². The minimum absolute atomic E-state index is 0.236. The van der Waals surface area contributed by atoms with Crippen molar-refractivity contribution in [2.24, 2.45) is 0 Å². The molecular formula is C14H20N2O5. The Morgan fingerprint density at radius 3 is 2.71 bits per heavy atom. The van der Waals surface area contributed by atoms with Gasteiger partial charge in [0.25, 0.3) is 5.91 Å². The number of nitrogens with zero attached hydrogens (tertiary/aromatic N) is 1. The van der Waals surface area contributed by atoms with E-state index in [0.717, 1.165) is 0 Å². The van der Waals surface area contributed by atoms with E-state index < -0.39 is 0 Å². The highest BCUT2D eigenvalue weighted by Gasteiger charge is 2.38. The predicted molar refractivity (Wildman–Crippen MR) is 75.4 cm³/mol. The minimum Gasteiger partial charge on any atom is -0.376 e. The Balaban J connectivity index is 2.19. The summed E-state index contributed by atoms with van der Waals surface area (Å²) >= 11 is 0. The number of aromatic amines is 1. The number of methoxy groups -OCH3 is 2. The standard InChI is InChI=1S/C14H20N2O5/c1-16(14(18)9-5-4-6-12(17)15-9)10-7-21-8-11(19-2)13(10)20-3/h4-6,10-11,13H,7-8H2,1-3H3,(H,15,17)/t10-,11-,13+/m1/s1. The van der Waals surface area contributed by atoms with Gasteiger partial charge in [-0.05, 0) is 6.07 Å². The van der Waals surface area contributed by atoms with Gasteiger partial charge < -0.3 is 24.1 Å². The lowest BCUT2D eigenvalue weighted by atomic mass is 10.0. The summed E-state index contributed by atoms with van der Waals surface area (Å²) < 4.78 is 16.3. The largest absolute Gasteiger partial charge is 0.376 e. The summed E-state index contributed by atoms with van der Waals surface area (Å²) in [6.45, 7) is 0.785. The maximum atomic E-state index is 12.5. The summed E-state index contributed by atoms with van der Waals surface area (Å²) in [6.07, 6.45) is -0.521. The summed E-state index contributed by atoms with van der Waals surface area (Å²) in [6, 6.07) is 4.19. The summed E-state index contributed by atoms with van der Waals surface area (Å²) in [5, 5.41) is 0. The number of carbonyl (C=O) groups excluding carboxylic acids is 1. The van der Waals surface area contributed by atoms with E-state index in [1.54, 1.807) is 33.4 Å². The van der Waals surface area contributed by atoms with Crippen LogP contribution in [0.3, 0.4) is 0 Å². The first-order valence-corrected chi connectivity index (χ1v) is 6.68. The smallest absolute Gasteiger partial charge is 0.270 e. The van der Waals surface area contributed by atoms with Gasteiger partial charge in [0.05, 0.1) is 19.3 Å². The number of H-pyrrole nitrogens is 1. The Hall–Kier alpha value is -1.70. The monoisotopic (exact) mass is 296 g/mol. The third-order valence-electron chi connectivity index (χ3n) is 3.71. The average Bonchev–Trinajstić information content (AvgIpc) is 2.52. The second kappa shape index (κ2) is 6.84. The molecule has 2 rings (SSSR count). The fourth-order valence-electron chi connectivity index (χ4n) is 2.50. The number of hydrogen-bond donors (Lipinski definition) is 1. The molecule has 21 heavy (non-hydrogen) atoms. The van der Waals surface area contributed by atoms with Crippen LogP contribution in [0.2, 0.25) is 0 Å². The molecule has 116 valence electrons. The SMILES string of the molecule is CO[C@H]1[C@H](N(C)C(=O)c2cccc(=O)[nH]2)COC[C@H]1OC. The first-order valence-electron chi connectivity index (χ1n) is 6.68. The van der Waals surface area contributed by atoms with Crippen LogP contribution in [0.25, 0.3) is 0 Å². The molecule has 7 nitrogen and oxygen atoms in total. The molecule has 0 aromatic carbocycles. The zero-order valence-electron chi connectivity index (χ0n) is 12.4. The van der Waals surface area contributed by atoms with E-state index in [-0.39, 0.29) is 35.4 Å². The lowest BCUT2D eigenvalue weighted by Crippen LogP contribution is -2.57. The molecule has 1 aromatic rings. The zero-order valence-corrected chi connectivity index (χ0v) is 12.4. The lowest BCUT2D eigenvalue weighted by molar-refractivity contribution is -0.147. The van der Waals surface area contributed by atoms with E-state index >= 15 is 0 Å². The number of ether oxygens (including phenoxy) is 3. The highest BCUT2D eigenvalue weighted by atomic mass is 16.6. The highest BCUT2D eigenvalue weighted by molar-refractivity contribution is 5.92. The molecule has 1 aliphatic heterocycles. The number of nitrogens with one attached hydrogen (secondary N) is 1. The van der Waals surface area contributed by atoms with Crippen molar-refractivity contribution in [3.63, 3.8) is 0 Å². The van der Waals surface area contributed by atoms with E-state index in [2.05, 4.69) is 4.98 Å². The summed E-state index contributed by atoms with van der Waals surface area (Å²) in [5.74, 6) is -0.292. The molecule has 0 saturated carbocycles. The molecule has 1 amide bonds. The van der Waals surface area contributed by atoms with Crippen molar-refractivity contribution >= 4 is 5.91 Å². The Bertz CT molecular complexity index is 544. The summed E-state index contributed by atoms with van der Waals surface area (Å²) in [5.41, 5.74) is -0.0772. The second-order valence-electron chi connectivity index (χ2n) is 4.92. The van der Waals surface area contributed by atoms with Crippen molar-refractivity contribution < 1.29 is 19.0 Å². The first-order chi connectivity index (χ1) is 10.1. The molecule has 3 atom stereocenters. The van der Waals surface area contributed by atoms with Crippen molar-refractivity contribution in [1.29, 1.82) is 0 Å². The first kappa shape index (κ1) is 15.7. The number of hydrogen-bond acceptors (Lipinski definition) is 5. The molecule has 7 heteroatoms. The molecule has 1 fully saturated rings. The molecule has 0 unspecified atom stereocenters. The van der Waals surface area contributed by atoms with Gasteiger partial charge in [0.2, 0.25) is 5.56 Å². The number of aromatic nitrogens is 1. The van der Waals surface area contributed by atoms with Crippen LogP contribution < -0.4 is 5.56 Å². The van der Waals surface area contributed by atoms with Gasteiger partial charge in [-0.25, -0.2) is 0 Å². The Morgan fingerprint density at radius 1 is 1.33 bits per heavy atom. The lowest BCUT2D eigenvalue weighted by Gasteiger charge is -2.40. The van der Waals surface area contributed by atoms with Crippen LogP contribution in [0.4, 0.5) is 0 Å². The summed E-state index contributed by atoms with van der Waals surface area (Å²) in [7, 11) is 4.82. The number of amides is 1. The van der Waals surface area contributed by atoms with Gasteiger partial charge >= 0.3 is 0 Å². The molecular weight excluding hydrogens is 276 g/mol. The van der Waals surface area contributed by atoms with Gasteiger partial charge in [-0.15, -0.1) is 0 Å². The Labute approximate surface area is 122 Å². The quantitative estimate of drug-likeness (QED) is 0.837. The Morgan fingerprint density at radius 2 is 2.10 bits per heavy atom. The topological polar surface area (TPSA) is 80.9 Å².